The van der Waals surface area contributed by atoms with Crippen molar-refractivity contribution in [2.45, 2.75) is 6.54 Å². The Morgan fingerprint density at radius 1 is 1.37 bits per heavy atom. The Morgan fingerprint density at radius 2 is 2.16 bits per heavy atom. The van der Waals surface area contributed by atoms with Crippen LogP contribution in [-0.4, -0.2) is 43.4 Å². The summed E-state index contributed by atoms with van der Waals surface area (Å²) in [6.07, 6.45) is 0. The van der Waals surface area contributed by atoms with Crippen molar-refractivity contribution in [2.24, 2.45) is 5.41 Å². The minimum Gasteiger partial charge on any atom is -0.396 e. The molecule has 0 amide bonds. The van der Waals surface area contributed by atoms with Gasteiger partial charge in [0.15, 0.2) is 0 Å². The third kappa shape index (κ3) is 2.54. The van der Waals surface area contributed by atoms with Crippen LogP contribution in [0, 0.1) is 5.41 Å². The molecule has 1 aliphatic heterocycles. The van der Waals surface area contributed by atoms with Crippen LogP contribution in [0.2, 0.25) is 0 Å². The van der Waals surface area contributed by atoms with Gasteiger partial charge >= 0.3 is 0 Å². The maximum absolute atomic E-state index is 9.48. The SMILES string of the molecule is CN(Cc1csc2ccccc12)CC1(CO)COC1. The highest BCUT2D eigenvalue weighted by Gasteiger charge is 2.38. The molecule has 1 saturated heterocycles. The van der Waals surface area contributed by atoms with Crippen LogP contribution in [0.5, 0.6) is 0 Å². The Labute approximate surface area is 117 Å². The second kappa shape index (κ2) is 5.21. The first-order valence-electron chi connectivity index (χ1n) is 6.55. The summed E-state index contributed by atoms with van der Waals surface area (Å²) in [7, 11) is 2.11. The van der Waals surface area contributed by atoms with Crippen molar-refractivity contribution in [1.82, 2.24) is 4.90 Å². The van der Waals surface area contributed by atoms with Gasteiger partial charge in [0.2, 0.25) is 0 Å². The molecule has 0 atom stereocenters. The topological polar surface area (TPSA) is 32.7 Å². The van der Waals surface area contributed by atoms with Gasteiger partial charge in [-0.2, -0.15) is 0 Å². The molecule has 4 heteroatoms. The van der Waals surface area contributed by atoms with E-state index in [2.05, 4.69) is 41.6 Å². The van der Waals surface area contributed by atoms with Crippen molar-refractivity contribution in [3.63, 3.8) is 0 Å². The van der Waals surface area contributed by atoms with E-state index in [1.54, 1.807) is 11.3 Å². The third-order valence-electron chi connectivity index (χ3n) is 3.76. The smallest absolute Gasteiger partial charge is 0.0579 e. The Kier molecular flexibility index (Phi) is 3.58. The molecule has 1 aromatic carbocycles. The van der Waals surface area contributed by atoms with E-state index in [0.29, 0.717) is 13.2 Å². The Hall–Kier alpha value is -0.940. The van der Waals surface area contributed by atoms with Crippen molar-refractivity contribution in [3.8, 4) is 0 Å². The molecule has 0 bridgehead atoms. The highest BCUT2D eigenvalue weighted by Crippen LogP contribution is 2.30. The second-order valence-corrected chi connectivity index (χ2v) is 6.49. The molecule has 0 saturated carbocycles. The van der Waals surface area contributed by atoms with Crippen molar-refractivity contribution < 1.29 is 9.84 Å². The summed E-state index contributed by atoms with van der Waals surface area (Å²) < 4.78 is 6.59. The van der Waals surface area contributed by atoms with Crippen molar-refractivity contribution >= 4 is 21.4 Å². The molecule has 1 aromatic heterocycles. The van der Waals surface area contributed by atoms with Gasteiger partial charge in [-0.1, -0.05) is 18.2 Å². The van der Waals surface area contributed by atoms with E-state index in [1.807, 2.05) is 0 Å². The van der Waals surface area contributed by atoms with E-state index < -0.39 is 0 Å². The lowest BCUT2D eigenvalue weighted by molar-refractivity contribution is -0.147. The number of thiophene rings is 1. The Bertz CT molecular complexity index is 557. The van der Waals surface area contributed by atoms with Crippen LogP contribution in [0.4, 0.5) is 0 Å². The summed E-state index contributed by atoms with van der Waals surface area (Å²) >= 11 is 1.80. The fraction of sp³-hybridized carbons (Fsp3) is 0.467. The maximum atomic E-state index is 9.48. The van der Waals surface area contributed by atoms with E-state index in [0.717, 1.165) is 13.1 Å². The third-order valence-corrected chi connectivity index (χ3v) is 4.77. The molecule has 0 aliphatic carbocycles. The van der Waals surface area contributed by atoms with Gasteiger partial charge in [-0.3, -0.25) is 0 Å². The highest BCUT2D eigenvalue weighted by atomic mass is 32.1. The van der Waals surface area contributed by atoms with Gasteiger partial charge in [0.25, 0.3) is 0 Å². The monoisotopic (exact) mass is 277 g/mol. The number of aliphatic hydroxyl groups excluding tert-OH is 1. The summed E-state index contributed by atoms with van der Waals surface area (Å²) in [4.78, 5) is 2.28. The molecule has 1 N–H and O–H groups in total. The molecule has 0 radical (unpaired) electrons. The molecule has 0 spiro atoms. The van der Waals surface area contributed by atoms with Gasteiger partial charge < -0.3 is 14.7 Å². The predicted octanol–water partition coefficient (Wildman–Crippen LogP) is 2.34. The molecule has 19 heavy (non-hydrogen) atoms. The predicted molar refractivity (Wildman–Crippen MR) is 78.5 cm³/mol. The van der Waals surface area contributed by atoms with Crippen LogP contribution in [-0.2, 0) is 11.3 Å². The number of ether oxygens (including phenoxy) is 1. The summed E-state index contributed by atoms with van der Waals surface area (Å²) in [5, 5.41) is 13.1. The standard InChI is InChI=1S/C15H19NO2S/c1-16(8-15(9-17)10-18-11-15)6-12-7-19-14-5-3-2-4-13(12)14/h2-5,7,17H,6,8-11H2,1H3. The van der Waals surface area contributed by atoms with E-state index in [1.165, 1.54) is 15.6 Å². The summed E-state index contributed by atoms with van der Waals surface area (Å²) in [5.41, 5.74) is 1.33. The zero-order valence-electron chi connectivity index (χ0n) is 11.1. The Morgan fingerprint density at radius 3 is 2.84 bits per heavy atom. The number of nitrogens with zero attached hydrogens (tertiary/aromatic N) is 1. The molecular weight excluding hydrogens is 258 g/mol. The van der Waals surface area contributed by atoms with Crippen LogP contribution < -0.4 is 0 Å². The molecular formula is C15H19NO2S. The number of fused-ring (bicyclic) bond motifs is 1. The van der Waals surface area contributed by atoms with Crippen LogP contribution in [0.1, 0.15) is 5.56 Å². The zero-order chi connectivity index (χ0) is 13.3. The fourth-order valence-corrected chi connectivity index (χ4v) is 3.65. The van der Waals surface area contributed by atoms with E-state index in [-0.39, 0.29) is 12.0 Å². The first-order chi connectivity index (χ1) is 9.22. The lowest BCUT2D eigenvalue weighted by atomic mass is 9.86. The van der Waals surface area contributed by atoms with E-state index in [4.69, 9.17) is 4.74 Å². The van der Waals surface area contributed by atoms with E-state index in [9.17, 15) is 5.11 Å². The number of benzene rings is 1. The van der Waals surface area contributed by atoms with Crippen molar-refractivity contribution in [2.75, 3.05) is 33.4 Å². The molecule has 102 valence electrons. The lowest BCUT2D eigenvalue weighted by Crippen LogP contribution is -2.52. The first-order valence-corrected chi connectivity index (χ1v) is 7.43. The van der Waals surface area contributed by atoms with E-state index >= 15 is 0 Å². The number of hydrogen-bond donors (Lipinski definition) is 1. The quantitative estimate of drug-likeness (QED) is 0.910. The largest absolute Gasteiger partial charge is 0.396 e. The van der Waals surface area contributed by atoms with Gasteiger partial charge in [-0.25, -0.2) is 0 Å². The van der Waals surface area contributed by atoms with Gasteiger partial charge in [0.05, 0.1) is 25.2 Å². The van der Waals surface area contributed by atoms with Crippen LogP contribution in [0.3, 0.4) is 0 Å². The summed E-state index contributed by atoms with van der Waals surface area (Å²) in [5.74, 6) is 0. The fourth-order valence-electron chi connectivity index (χ4n) is 2.70. The van der Waals surface area contributed by atoms with Gasteiger partial charge in [0.1, 0.15) is 0 Å². The molecule has 3 rings (SSSR count). The first kappa shape index (κ1) is 13.1. The molecule has 1 aliphatic rings. The normalized spacial score (nSPS) is 17.8. The van der Waals surface area contributed by atoms with Gasteiger partial charge in [0, 0.05) is 17.8 Å². The minimum atomic E-state index is -0.0411. The number of aliphatic hydroxyl groups is 1. The maximum Gasteiger partial charge on any atom is 0.0579 e. The molecule has 1 fully saturated rings. The molecule has 0 unspecified atom stereocenters. The zero-order valence-corrected chi connectivity index (χ0v) is 11.9. The molecule has 2 aromatic rings. The number of rotatable bonds is 5. The van der Waals surface area contributed by atoms with Crippen LogP contribution >= 0.6 is 11.3 Å². The average Bonchev–Trinajstić information content (AvgIpc) is 2.78. The molecule has 2 heterocycles. The van der Waals surface area contributed by atoms with Crippen molar-refractivity contribution in [3.05, 3.63) is 35.2 Å². The second-order valence-electron chi connectivity index (χ2n) is 5.58. The highest BCUT2D eigenvalue weighted by molar-refractivity contribution is 7.17. The van der Waals surface area contributed by atoms with Crippen molar-refractivity contribution in [1.29, 1.82) is 0 Å². The summed E-state index contributed by atoms with van der Waals surface area (Å²) in [6.45, 7) is 3.37. The average molecular weight is 277 g/mol. The minimum absolute atomic E-state index is 0.0411. The lowest BCUT2D eigenvalue weighted by Gasteiger charge is -2.42. The van der Waals surface area contributed by atoms with Gasteiger partial charge in [-0.15, -0.1) is 11.3 Å². The van der Waals surface area contributed by atoms with Crippen LogP contribution in [0.25, 0.3) is 10.1 Å². The van der Waals surface area contributed by atoms with Crippen LogP contribution in [0.15, 0.2) is 29.6 Å². The number of hydrogen-bond acceptors (Lipinski definition) is 4. The van der Waals surface area contributed by atoms with Gasteiger partial charge in [-0.05, 0) is 29.4 Å². The summed E-state index contributed by atoms with van der Waals surface area (Å²) in [6, 6.07) is 8.52. The Balaban J connectivity index is 1.70. The molecule has 3 nitrogen and oxygen atoms in total.